The molecule has 5 nitrogen and oxygen atoms in total. The Bertz CT molecular complexity index is 1040. The topological polar surface area (TPSA) is 63.7 Å². The second-order valence-corrected chi connectivity index (χ2v) is 6.35. The van der Waals surface area contributed by atoms with Crippen LogP contribution in [0.1, 0.15) is 31.1 Å². The first-order valence-electron chi connectivity index (χ1n) is 8.11. The third-order valence-corrected chi connectivity index (χ3v) is 4.44. The fourth-order valence-electron chi connectivity index (χ4n) is 2.85. The van der Waals surface area contributed by atoms with E-state index in [1.54, 1.807) is 42.5 Å². The molecular formula is C21H12ClNO4. The van der Waals surface area contributed by atoms with Gasteiger partial charge < -0.3 is 4.84 Å². The van der Waals surface area contributed by atoms with Crippen molar-refractivity contribution >= 4 is 29.4 Å². The summed E-state index contributed by atoms with van der Waals surface area (Å²) < 4.78 is 0. The van der Waals surface area contributed by atoms with E-state index in [2.05, 4.69) is 0 Å². The Labute approximate surface area is 159 Å². The van der Waals surface area contributed by atoms with Gasteiger partial charge in [-0.05, 0) is 47.5 Å². The van der Waals surface area contributed by atoms with E-state index in [1.165, 1.54) is 12.1 Å². The molecule has 0 saturated carbocycles. The number of benzene rings is 3. The Morgan fingerprint density at radius 1 is 0.778 bits per heavy atom. The summed E-state index contributed by atoms with van der Waals surface area (Å²) in [5.41, 5.74) is 2.42. The summed E-state index contributed by atoms with van der Waals surface area (Å²) >= 11 is 5.99. The van der Waals surface area contributed by atoms with Crippen molar-refractivity contribution < 1.29 is 19.2 Å². The Morgan fingerprint density at radius 2 is 1.41 bits per heavy atom. The van der Waals surface area contributed by atoms with Crippen molar-refractivity contribution in [3.63, 3.8) is 0 Å². The summed E-state index contributed by atoms with van der Waals surface area (Å²) in [5.74, 6) is -2.10. The average Bonchev–Trinajstić information content (AvgIpc) is 2.93. The van der Waals surface area contributed by atoms with E-state index in [9.17, 15) is 14.4 Å². The van der Waals surface area contributed by atoms with Gasteiger partial charge in [0.1, 0.15) is 0 Å². The standard InChI is InChI=1S/C21H12ClNO4/c22-16-5-3-4-15(12-16)13-8-10-14(11-9-13)21(26)27-23-19(24)17-6-1-2-7-18(17)20(23)25/h1-12H. The number of imide groups is 1. The van der Waals surface area contributed by atoms with E-state index in [4.69, 9.17) is 16.4 Å². The molecule has 1 aliphatic rings. The predicted molar refractivity (Wildman–Crippen MR) is 99.2 cm³/mol. The molecule has 1 aliphatic heterocycles. The van der Waals surface area contributed by atoms with E-state index < -0.39 is 17.8 Å². The van der Waals surface area contributed by atoms with Crippen LogP contribution in [0.3, 0.4) is 0 Å². The molecule has 3 aromatic carbocycles. The van der Waals surface area contributed by atoms with E-state index in [0.717, 1.165) is 11.1 Å². The first kappa shape index (κ1) is 17.0. The Balaban J connectivity index is 1.53. The van der Waals surface area contributed by atoms with Crippen LogP contribution in [-0.2, 0) is 4.84 Å². The smallest absolute Gasteiger partial charge is 0.324 e. The van der Waals surface area contributed by atoms with Crippen molar-refractivity contribution in [2.45, 2.75) is 0 Å². The minimum Gasteiger partial charge on any atom is -0.324 e. The van der Waals surface area contributed by atoms with Gasteiger partial charge in [-0.1, -0.05) is 53.1 Å². The molecule has 1 heterocycles. The normalized spacial score (nSPS) is 12.9. The quantitative estimate of drug-likeness (QED) is 0.635. The lowest BCUT2D eigenvalue weighted by Gasteiger charge is -2.13. The maximum Gasteiger partial charge on any atom is 0.363 e. The summed E-state index contributed by atoms with van der Waals surface area (Å²) in [6.07, 6.45) is 0. The molecule has 0 N–H and O–H groups in total. The van der Waals surface area contributed by atoms with Gasteiger partial charge in [0.15, 0.2) is 0 Å². The van der Waals surface area contributed by atoms with E-state index in [-0.39, 0.29) is 16.7 Å². The van der Waals surface area contributed by atoms with E-state index in [1.807, 2.05) is 18.2 Å². The fraction of sp³-hybridized carbons (Fsp3) is 0. The largest absolute Gasteiger partial charge is 0.363 e. The third kappa shape index (κ3) is 3.09. The van der Waals surface area contributed by atoms with Gasteiger partial charge in [-0.25, -0.2) is 4.79 Å². The first-order chi connectivity index (χ1) is 13.0. The highest BCUT2D eigenvalue weighted by molar-refractivity contribution is 6.30. The van der Waals surface area contributed by atoms with Crippen LogP contribution in [0.5, 0.6) is 0 Å². The van der Waals surface area contributed by atoms with Crippen LogP contribution in [0.4, 0.5) is 0 Å². The van der Waals surface area contributed by atoms with Crippen molar-refractivity contribution in [2.75, 3.05) is 0 Å². The average molecular weight is 378 g/mol. The zero-order valence-corrected chi connectivity index (χ0v) is 14.6. The molecule has 0 aromatic heterocycles. The van der Waals surface area contributed by atoms with E-state index in [0.29, 0.717) is 10.1 Å². The van der Waals surface area contributed by atoms with Gasteiger partial charge in [0.25, 0.3) is 11.8 Å². The maximum absolute atomic E-state index is 12.4. The molecule has 2 amide bonds. The summed E-state index contributed by atoms with van der Waals surface area (Å²) in [6.45, 7) is 0. The number of fused-ring (bicyclic) bond motifs is 1. The summed E-state index contributed by atoms with van der Waals surface area (Å²) in [4.78, 5) is 41.9. The second-order valence-electron chi connectivity index (χ2n) is 5.92. The summed E-state index contributed by atoms with van der Waals surface area (Å²) in [7, 11) is 0. The number of carbonyl (C=O) groups excluding carboxylic acids is 3. The molecule has 4 rings (SSSR count). The minimum atomic E-state index is -0.790. The van der Waals surface area contributed by atoms with Crippen molar-refractivity contribution in [2.24, 2.45) is 0 Å². The Morgan fingerprint density at radius 3 is 2.00 bits per heavy atom. The van der Waals surface area contributed by atoms with Gasteiger partial charge in [0.05, 0.1) is 16.7 Å². The Hall–Kier alpha value is -3.44. The van der Waals surface area contributed by atoms with Gasteiger partial charge in [-0.2, -0.15) is 0 Å². The monoisotopic (exact) mass is 377 g/mol. The molecule has 0 spiro atoms. The van der Waals surface area contributed by atoms with Crippen LogP contribution in [-0.4, -0.2) is 22.8 Å². The zero-order chi connectivity index (χ0) is 19.0. The van der Waals surface area contributed by atoms with Crippen LogP contribution < -0.4 is 0 Å². The second kappa shape index (κ2) is 6.70. The van der Waals surface area contributed by atoms with Gasteiger partial charge >= 0.3 is 5.97 Å². The lowest BCUT2D eigenvalue weighted by molar-refractivity contribution is -0.0584. The molecule has 0 unspecified atom stereocenters. The lowest BCUT2D eigenvalue weighted by Crippen LogP contribution is -2.32. The molecule has 27 heavy (non-hydrogen) atoms. The highest BCUT2D eigenvalue weighted by atomic mass is 35.5. The molecule has 132 valence electrons. The van der Waals surface area contributed by atoms with Gasteiger partial charge in [-0.3, -0.25) is 9.59 Å². The summed E-state index contributed by atoms with van der Waals surface area (Å²) in [6, 6.07) is 20.3. The number of halogens is 1. The number of carbonyl (C=O) groups is 3. The number of hydrogen-bond acceptors (Lipinski definition) is 4. The highest BCUT2D eigenvalue weighted by Crippen LogP contribution is 2.25. The first-order valence-corrected chi connectivity index (χ1v) is 8.48. The number of hydroxylamine groups is 2. The molecular weight excluding hydrogens is 366 g/mol. The third-order valence-electron chi connectivity index (χ3n) is 4.21. The number of rotatable bonds is 3. The number of hydrogen-bond donors (Lipinski definition) is 0. The van der Waals surface area contributed by atoms with Crippen LogP contribution in [0.15, 0.2) is 72.8 Å². The predicted octanol–water partition coefficient (Wildman–Crippen LogP) is 4.38. The van der Waals surface area contributed by atoms with Crippen molar-refractivity contribution in [1.82, 2.24) is 5.06 Å². The molecule has 3 aromatic rings. The molecule has 0 atom stereocenters. The van der Waals surface area contributed by atoms with Crippen molar-refractivity contribution in [1.29, 1.82) is 0 Å². The van der Waals surface area contributed by atoms with Crippen molar-refractivity contribution in [3.8, 4) is 11.1 Å². The number of nitrogens with zero attached hydrogens (tertiary/aromatic N) is 1. The highest BCUT2D eigenvalue weighted by Gasteiger charge is 2.38. The van der Waals surface area contributed by atoms with Crippen LogP contribution in [0.25, 0.3) is 11.1 Å². The minimum absolute atomic E-state index is 0.214. The molecule has 0 radical (unpaired) electrons. The van der Waals surface area contributed by atoms with E-state index >= 15 is 0 Å². The fourth-order valence-corrected chi connectivity index (χ4v) is 3.04. The van der Waals surface area contributed by atoms with Gasteiger partial charge in [-0.15, -0.1) is 0 Å². The van der Waals surface area contributed by atoms with Crippen LogP contribution >= 0.6 is 11.6 Å². The van der Waals surface area contributed by atoms with Crippen LogP contribution in [0, 0.1) is 0 Å². The van der Waals surface area contributed by atoms with Gasteiger partial charge in [0.2, 0.25) is 0 Å². The maximum atomic E-state index is 12.4. The molecule has 0 bridgehead atoms. The van der Waals surface area contributed by atoms with Crippen molar-refractivity contribution in [3.05, 3.63) is 94.5 Å². The molecule has 0 saturated heterocycles. The Kier molecular flexibility index (Phi) is 4.22. The lowest BCUT2D eigenvalue weighted by atomic mass is 10.0. The number of amides is 2. The van der Waals surface area contributed by atoms with Gasteiger partial charge in [0, 0.05) is 5.02 Å². The molecule has 6 heteroatoms. The summed E-state index contributed by atoms with van der Waals surface area (Å²) in [5, 5.41) is 1.11. The molecule has 0 fully saturated rings. The zero-order valence-electron chi connectivity index (χ0n) is 13.9. The molecule has 0 aliphatic carbocycles. The van der Waals surface area contributed by atoms with Crippen LogP contribution in [0.2, 0.25) is 5.02 Å². The SMILES string of the molecule is O=C(ON1C(=O)c2ccccc2C1=O)c1ccc(-c2cccc(Cl)c2)cc1.